The summed E-state index contributed by atoms with van der Waals surface area (Å²) in [5.41, 5.74) is 3.21. The second-order valence-electron chi connectivity index (χ2n) is 8.81. The number of likely N-dealkylation sites (tertiary alicyclic amines) is 1. The van der Waals surface area contributed by atoms with Crippen LogP contribution in [-0.2, 0) is 19.6 Å². The van der Waals surface area contributed by atoms with Gasteiger partial charge in [0.05, 0.1) is 10.9 Å². The largest absolute Gasteiger partial charge is 0.352 e. The number of hydrogen-bond donors (Lipinski definition) is 2. The molecule has 1 atom stereocenters. The van der Waals surface area contributed by atoms with E-state index in [0.29, 0.717) is 37.1 Å². The van der Waals surface area contributed by atoms with Crippen LogP contribution in [0.3, 0.4) is 0 Å². The Kier molecular flexibility index (Phi) is 6.57. The summed E-state index contributed by atoms with van der Waals surface area (Å²) in [5, 5.41) is 2.95. The Morgan fingerprint density at radius 1 is 1.00 bits per heavy atom. The molecule has 1 saturated heterocycles. The van der Waals surface area contributed by atoms with E-state index >= 15 is 0 Å². The van der Waals surface area contributed by atoms with Crippen LogP contribution in [0.4, 0.5) is 0 Å². The van der Waals surface area contributed by atoms with Gasteiger partial charge in [0.25, 0.3) is 0 Å². The summed E-state index contributed by atoms with van der Waals surface area (Å²) < 4.78 is 28.6. The lowest BCUT2D eigenvalue weighted by Gasteiger charge is -2.33. The van der Waals surface area contributed by atoms with Crippen LogP contribution in [0.25, 0.3) is 0 Å². The van der Waals surface area contributed by atoms with E-state index in [-0.39, 0.29) is 28.7 Å². The highest BCUT2D eigenvalue weighted by Gasteiger charge is 2.35. The van der Waals surface area contributed by atoms with Crippen LogP contribution >= 0.6 is 0 Å². The average molecular weight is 436 g/mol. The number of nitrogens with zero attached hydrogens (tertiary/aromatic N) is 1. The van der Waals surface area contributed by atoms with Crippen LogP contribution in [0.1, 0.15) is 54.9 Å². The number of amides is 2. The quantitative estimate of drug-likeness (QED) is 0.715. The average Bonchev–Trinajstić information content (AvgIpc) is 3.51. The van der Waals surface area contributed by atoms with Crippen molar-refractivity contribution in [2.75, 3.05) is 13.1 Å². The molecule has 2 amide bonds. The van der Waals surface area contributed by atoms with E-state index < -0.39 is 16.1 Å². The van der Waals surface area contributed by atoms with E-state index in [2.05, 4.69) is 10.0 Å². The van der Waals surface area contributed by atoms with Gasteiger partial charge in [-0.3, -0.25) is 9.59 Å². The summed E-state index contributed by atoms with van der Waals surface area (Å²) in [6.07, 6.45) is 3.37. The van der Waals surface area contributed by atoms with Crippen molar-refractivity contribution in [3.63, 3.8) is 0 Å². The topological polar surface area (TPSA) is 95.6 Å². The highest BCUT2D eigenvalue weighted by atomic mass is 32.2. The molecule has 0 aromatic heterocycles. The Morgan fingerprint density at radius 3 is 2.03 bits per heavy atom. The summed E-state index contributed by atoms with van der Waals surface area (Å²) >= 11 is 0. The standard InChI is InChI=1S/C22H33N3O4S/c1-13-12-14(2)16(4)20(15(13)3)30(28,29)24-17(5)21(26)23-19-8-10-25(11-9-19)22(27)18-6-7-18/h12,17-19,24H,6-11H2,1-5H3,(H,23,26). The molecule has 2 aliphatic rings. The fourth-order valence-electron chi connectivity index (χ4n) is 4.09. The molecule has 7 nitrogen and oxygen atoms in total. The van der Waals surface area contributed by atoms with Gasteiger partial charge in [0.1, 0.15) is 0 Å². The van der Waals surface area contributed by atoms with Crippen molar-refractivity contribution in [2.45, 2.75) is 77.3 Å². The van der Waals surface area contributed by atoms with Gasteiger partial charge in [0.15, 0.2) is 0 Å². The first-order valence-electron chi connectivity index (χ1n) is 10.7. The number of piperidine rings is 1. The lowest BCUT2D eigenvalue weighted by atomic mass is 10.0. The first kappa shape index (κ1) is 22.7. The van der Waals surface area contributed by atoms with Crippen LogP contribution in [-0.4, -0.2) is 50.3 Å². The number of carbonyl (C=O) groups excluding carboxylic acids is 2. The second kappa shape index (κ2) is 8.67. The second-order valence-corrected chi connectivity index (χ2v) is 10.5. The smallest absolute Gasteiger partial charge is 0.241 e. The first-order chi connectivity index (χ1) is 14.0. The third-order valence-electron chi connectivity index (χ3n) is 6.37. The minimum atomic E-state index is -3.84. The molecule has 1 aromatic carbocycles. The van der Waals surface area contributed by atoms with Gasteiger partial charge in [0.2, 0.25) is 21.8 Å². The number of rotatable bonds is 6. The Balaban J connectivity index is 1.60. The fourth-order valence-corrected chi connectivity index (χ4v) is 5.91. The normalized spacial score (nSPS) is 18.9. The molecular formula is C22H33N3O4S. The molecule has 1 aliphatic heterocycles. The van der Waals surface area contributed by atoms with Crippen LogP contribution in [0.15, 0.2) is 11.0 Å². The minimum Gasteiger partial charge on any atom is -0.352 e. The SMILES string of the molecule is Cc1cc(C)c(C)c(S(=O)(=O)NC(C)C(=O)NC2CCN(C(=O)C3CC3)CC2)c1C. The van der Waals surface area contributed by atoms with Gasteiger partial charge in [0, 0.05) is 25.0 Å². The Labute approximate surface area is 179 Å². The Morgan fingerprint density at radius 2 is 1.53 bits per heavy atom. The van der Waals surface area contributed by atoms with Crippen LogP contribution in [0.5, 0.6) is 0 Å². The van der Waals surface area contributed by atoms with E-state index in [1.165, 1.54) is 0 Å². The van der Waals surface area contributed by atoms with Crippen molar-refractivity contribution in [1.82, 2.24) is 14.9 Å². The van der Waals surface area contributed by atoms with Crippen molar-refractivity contribution >= 4 is 21.8 Å². The molecule has 8 heteroatoms. The van der Waals surface area contributed by atoms with E-state index in [4.69, 9.17) is 0 Å². The third-order valence-corrected chi connectivity index (χ3v) is 8.18. The predicted octanol–water partition coefficient (Wildman–Crippen LogP) is 2.10. The van der Waals surface area contributed by atoms with Gasteiger partial charge < -0.3 is 10.2 Å². The molecule has 1 aromatic rings. The van der Waals surface area contributed by atoms with Crippen molar-refractivity contribution in [3.05, 3.63) is 28.3 Å². The molecule has 1 aliphatic carbocycles. The molecule has 1 unspecified atom stereocenters. The van der Waals surface area contributed by atoms with Crippen molar-refractivity contribution in [1.29, 1.82) is 0 Å². The van der Waals surface area contributed by atoms with Crippen LogP contribution in [0, 0.1) is 33.6 Å². The highest BCUT2D eigenvalue weighted by Crippen LogP contribution is 2.32. The maximum Gasteiger partial charge on any atom is 0.241 e. The van der Waals surface area contributed by atoms with Gasteiger partial charge in [-0.1, -0.05) is 6.07 Å². The molecule has 1 heterocycles. The molecular weight excluding hydrogens is 402 g/mol. The maximum absolute atomic E-state index is 13.0. The number of sulfonamides is 1. The molecule has 166 valence electrons. The molecule has 0 bridgehead atoms. The summed E-state index contributed by atoms with van der Waals surface area (Å²) in [5.74, 6) is 0.105. The number of nitrogens with one attached hydrogen (secondary N) is 2. The Hall–Kier alpha value is -1.93. The maximum atomic E-state index is 13.0. The summed E-state index contributed by atoms with van der Waals surface area (Å²) in [4.78, 5) is 26.9. The van der Waals surface area contributed by atoms with Gasteiger partial charge in [-0.05, 0) is 82.6 Å². The summed E-state index contributed by atoms with van der Waals surface area (Å²) in [7, 11) is -3.84. The Bertz CT molecular complexity index is 919. The van der Waals surface area contributed by atoms with Gasteiger partial charge in [-0.15, -0.1) is 0 Å². The minimum absolute atomic E-state index is 0.0441. The summed E-state index contributed by atoms with van der Waals surface area (Å²) in [6, 6.07) is 1.04. The van der Waals surface area contributed by atoms with E-state index in [1.54, 1.807) is 20.8 Å². The van der Waals surface area contributed by atoms with E-state index in [1.807, 2.05) is 24.8 Å². The van der Waals surface area contributed by atoms with E-state index in [0.717, 1.165) is 24.0 Å². The number of carbonyl (C=O) groups is 2. The number of benzene rings is 1. The van der Waals surface area contributed by atoms with Crippen molar-refractivity contribution in [2.24, 2.45) is 5.92 Å². The molecule has 0 spiro atoms. The molecule has 2 N–H and O–H groups in total. The van der Waals surface area contributed by atoms with Crippen molar-refractivity contribution < 1.29 is 18.0 Å². The highest BCUT2D eigenvalue weighted by molar-refractivity contribution is 7.89. The van der Waals surface area contributed by atoms with Gasteiger partial charge >= 0.3 is 0 Å². The number of hydrogen-bond acceptors (Lipinski definition) is 4. The molecule has 2 fully saturated rings. The van der Waals surface area contributed by atoms with Crippen molar-refractivity contribution in [3.8, 4) is 0 Å². The molecule has 0 radical (unpaired) electrons. The van der Waals surface area contributed by atoms with Gasteiger partial charge in [-0.2, -0.15) is 4.72 Å². The molecule has 1 saturated carbocycles. The van der Waals surface area contributed by atoms with Gasteiger partial charge in [-0.25, -0.2) is 8.42 Å². The molecule has 3 rings (SSSR count). The van der Waals surface area contributed by atoms with Crippen LogP contribution in [0.2, 0.25) is 0 Å². The van der Waals surface area contributed by atoms with E-state index in [9.17, 15) is 18.0 Å². The number of aryl methyl sites for hydroxylation is 2. The fraction of sp³-hybridized carbons (Fsp3) is 0.636. The monoisotopic (exact) mass is 435 g/mol. The molecule has 30 heavy (non-hydrogen) atoms. The zero-order valence-corrected chi connectivity index (χ0v) is 19.4. The first-order valence-corrected chi connectivity index (χ1v) is 12.2. The predicted molar refractivity (Wildman–Crippen MR) is 116 cm³/mol. The summed E-state index contributed by atoms with van der Waals surface area (Å²) in [6.45, 7) is 10.2. The lowest BCUT2D eigenvalue weighted by Crippen LogP contribution is -2.52. The lowest BCUT2D eigenvalue weighted by molar-refractivity contribution is -0.133. The third kappa shape index (κ3) is 4.86. The zero-order valence-electron chi connectivity index (χ0n) is 18.5. The zero-order chi connectivity index (χ0) is 22.2. The van der Waals surface area contributed by atoms with Crippen LogP contribution < -0.4 is 10.0 Å².